The quantitative estimate of drug-likeness (QED) is 0.539. The minimum atomic E-state index is -3.61. The molecule has 0 unspecified atom stereocenters. The van der Waals surface area contributed by atoms with Crippen LogP contribution in [-0.2, 0) is 19.6 Å². The lowest BCUT2D eigenvalue weighted by Crippen LogP contribution is -2.28. The van der Waals surface area contributed by atoms with Gasteiger partial charge in [-0.1, -0.05) is 29.8 Å². The summed E-state index contributed by atoms with van der Waals surface area (Å²) in [5.74, 6) is -1.43. The van der Waals surface area contributed by atoms with Crippen molar-refractivity contribution in [1.29, 1.82) is 0 Å². The maximum Gasteiger partial charge on any atom is 0.375 e. The maximum atomic E-state index is 12.7. The molecule has 3 aromatic rings. The number of sulfonamides is 1. The van der Waals surface area contributed by atoms with Crippen molar-refractivity contribution in [2.24, 2.45) is 0 Å². The van der Waals surface area contributed by atoms with Crippen molar-refractivity contribution in [3.05, 3.63) is 58.8 Å². The Bertz CT molecular complexity index is 1290. The molecule has 168 valence electrons. The van der Waals surface area contributed by atoms with Crippen molar-refractivity contribution >= 4 is 50.2 Å². The second-order valence-electron chi connectivity index (χ2n) is 7.44. The minimum absolute atomic E-state index is 0.0281. The van der Waals surface area contributed by atoms with E-state index in [1.54, 1.807) is 37.3 Å². The lowest BCUT2D eigenvalue weighted by molar-refractivity contribution is -0.119. The number of benzene rings is 2. The Balaban J connectivity index is 1.41. The summed E-state index contributed by atoms with van der Waals surface area (Å²) >= 11 is 6.10. The number of rotatable bonds is 6. The monoisotopic (exact) mass is 476 g/mol. The van der Waals surface area contributed by atoms with Crippen molar-refractivity contribution in [2.75, 3.05) is 25.0 Å². The number of halogens is 1. The average molecular weight is 477 g/mol. The van der Waals surface area contributed by atoms with Gasteiger partial charge in [0.15, 0.2) is 12.2 Å². The first-order valence-electron chi connectivity index (χ1n) is 10.0. The second-order valence-corrected chi connectivity index (χ2v) is 9.78. The summed E-state index contributed by atoms with van der Waals surface area (Å²) in [7, 11) is -3.61. The van der Waals surface area contributed by atoms with Gasteiger partial charge in [0, 0.05) is 29.7 Å². The number of fused-ring (bicyclic) bond motifs is 1. The Kier molecular flexibility index (Phi) is 6.23. The topological polar surface area (TPSA) is 106 Å². The van der Waals surface area contributed by atoms with E-state index in [2.05, 4.69) is 5.32 Å². The highest BCUT2D eigenvalue weighted by Gasteiger charge is 2.27. The molecule has 0 spiro atoms. The standard InChI is InChI=1S/C22H21ClN2O6S/c1-14-17-8-5-9-18(23)21(17)31-20(14)22(27)30-13-19(26)24-15-6-4-7-16(12-15)32(28,29)25-10-2-3-11-25/h4-9,12H,2-3,10-11,13H2,1H3,(H,24,26). The van der Waals surface area contributed by atoms with Crippen LogP contribution >= 0.6 is 11.6 Å². The molecule has 8 nitrogen and oxygen atoms in total. The third-order valence-corrected chi connectivity index (χ3v) is 7.45. The molecule has 2 aromatic carbocycles. The summed E-state index contributed by atoms with van der Waals surface area (Å²) in [6.07, 6.45) is 1.66. The van der Waals surface area contributed by atoms with Gasteiger partial charge >= 0.3 is 5.97 Å². The first-order chi connectivity index (χ1) is 15.3. The van der Waals surface area contributed by atoms with Crippen LogP contribution in [0.15, 0.2) is 51.8 Å². The number of carbonyl (C=O) groups is 2. The van der Waals surface area contributed by atoms with E-state index in [0.29, 0.717) is 34.6 Å². The van der Waals surface area contributed by atoms with Crippen molar-refractivity contribution in [3.8, 4) is 0 Å². The van der Waals surface area contributed by atoms with Gasteiger partial charge in [-0.05, 0) is 44.0 Å². The van der Waals surface area contributed by atoms with Gasteiger partial charge in [-0.2, -0.15) is 4.31 Å². The number of para-hydroxylation sites is 1. The van der Waals surface area contributed by atoms with E-state index >= 15 is 0 Å². The summed E-state index contributed by atoms with van der Waals surface area (Å²) in [4.78, 5) is 24.8. The Morgan fingerprint density at radius 3 is 2.59 bits per heavy atom. The first kappa shape index (κ1) is 22.3. The predicted octanol–water partition coefficient (Wildman–Crippen LogP) is 3.97. The van der Waals surface area contributed by atoms with Crippen LogP contribution in [0.1, 0.15) is 29.0 Å². The van der Waals surface area contributed by atoms with Gasteiger partial charge < -0.3 is 14.5 Å². The van der Waals surface area contributed by atoms with Gasteiger partial charge in [0.2, 0.25) is 15.8 Å². The number of nitrogens with one attached hydrogen (secondary N) is 1. The van der Waals surface area contributed by atoms with Gasteiger partial charge in [-0.15, -0.1) is 0 Å². The molecule has 0 bridgehead atoms. The Morgan fingerprint density at radius 2 is 1.88 bits per heavy atom. The molecule has 4 rings (SSSR count). The fraction of sp³-hybridized carbons (Fsp3) is 0.273. The fourth-order valence-corrected chi connectivity index (χ4v) is 5.39. The SMILES string of the molecule is Cc1c(C(=O)OCC(=O)Nc2cccc(S(=O)(=O)N3CCCC3)c2)oc2c(Cl)cccc12. The number of ether oxygens (including phenoxy) is 1. The smallest absolute Gasteiger partial charge is 0.375 e. The van der Waals surface area contributed by atoms with Crippen LogP contribution in [0.2, 0.25) is 5.02 Å². The predicted molar refractivity (Wildman–Crippen MR) is 119 cm³/mol. The van der Waals surface area contributed by atoms with Gasteiger partial charge in [-0.3, -0.25) is 4.79 Å². The zero-order chi connectivity index (χ0) is 22.9. The van der Waals surface area contributed by atoms with E-state index in [-0.39, 0.29) is 16.3 Å². The van der Waals surface area contributed by atoms with Crippen molar-refractivity contribution in [3.63, 3.8) is 0 Å². The van der Waals surface area contributed by atoms with Crippen LogP contribution in [0.4, 0.5) is 5.69 Å². The van der Waals surface area contributed by atoms with E-state index in [1.807, 2.05) is 0 Å². The molecule has 1 fully saturated rings. The van der Waals surface area contributed by atoms with Crippen LogP contribution in [-0.4, -0.2) is 44.3 Å². The molecule has 1 saturated heterocycles. The number of esters is 1. The molecule has 10 heteroatoms. The lowest BCUT2D eigenvalue weighted by Gasteiger charge is -2.16. The molecular weight excluding hydrogens is 456 g/mol. The van der Waals surface area contributed by atoms with E-state index in [4.69, 9.17) is 20.8 Å². The van der Waals surface area contributed by atoms with Crippen molar-refractivity contribution < 1.29 is 27.2 Å². The average Bonchev–Trinajstić information content (AvgIpc) is 3.42. The van der Waals surface area contributed by atoms with Crippen molar-refractivity contribution in [1.82, 2.24) is 4.31 Å². The van der Waals surface area contributed by atoms with Gasteiger partial charge in [-0.25, -0.2) is 13.2 Å². The van der Waals surface area contributed by atoms with Crippen LogP contribution in [0.25, 0.3) is 11.0 Å². The number of amides is 1. The van der Waals surface area contributed by atoms with Gasteiger partial charge in [0.05, 0.1) is 9.92 Å². The number of anilines is 1. The second kappa shape index (κ2) is 8.93. The number of aryl methyl sites for hydroxylation is 1. The highest BCUT2D eigenvalue weighted by Crippen LogP contribution is 2.31. The number of nitrogens with zero attached hydrogens (tertiary/aromatic N) is 1. The van der Waals surface area contributed by atoms with Crippen LogP contribution in [0.3, 0.4) is 0 Å². The number of carbonyl (C=O) groups excluding carboxylic acids is 2. The zero-order valence-electron chi connectivity index (χ0n) is 17.3. The molecule has 0 radical (unpaired) electrons. The third-order valence-electron chi connectivity index (χ3n) is 5.26. The molecule has 1 amide bonds. The van der Waals surface area contributed by atoms with E-state index in [9.17, 15) is 18.0 Å². The first-order valence-corrected chi connectivity index (χ1v) is 11.8. The maximum absolute atomic E-state index is 12.7. The van der Waals surface area contributed by atoms with E-state index in [0.717, 1.165) is 12.8 Å². The molecule has 1 aromatic heterocycles. The summed E-state index contributed by atoms with van der Waals surface area (Å²) in [5, 5.41) is 3.60. The highest BCUT2D eigenvalue weighted by atomic mass is 35.5. The van der Waals surface area contributed by atoms with Crippen molar-refractivity contribution in [2.45, 2.75) is 24.7 Å². The minimum Gasteiger partial charge on any atom is -0.450 e. The number of hydrogen-bond donors (Lipinski definition) is 1. The molecule has 32 heavy (non-hydrogen) atoms. The Morgan fingerprint density at radius 1 is 1.16 bits per heavy atom. The molecule has 0 aliphatic carbocycles. The summed E-state index contributed by atoms with van der Waals surface area (Å²) in [6, 6.07) is 11.1. The molecule has 0 saturated carbocycles. The number of furan rings is 1. The van der Waals surface area contributed by atoms with E-state index < -0.39 is 28.5 Å². The van der Waals surface area contributed by atoms with Crippen LogP contribution < -0.4 is 5.32 Å². The molecule has 0 atom stereocenters. The number of hydrogen-bond acceptors (Lipinski definition) is 6. The van der Waals surface area contributed by atoms with Gasteiger partial charge in [0.1, 0.15) is 0 Å². The highest BCUT2D eigenvalue weighted by molar-refractivity contribution is 7.89. The van der Waals surface area contributed by atoms with Crippen LogP contribution in [0, 0.1) is 6.92 Å². The third kappa shape index (κ3) is 4.36. The summed E-state index contributed by atoms with van der Waals surface area (Å²) < 4.78 is 37.4. The molecule has 1 aliphatic rings. The summed E-state index contributed by atoms with van der Waals surface area (Å²) in [5.41, 5.74) is 1.23. The van der Waals surface area contributed by atoms with Crippen LogP contribution in [0.5, 0.6) is 0 Å². The summed E-state index contributed by atoms with van der Waals surface area (Å²) in [6.45, 7) is 2.11. The molecule has 2 heterocycles. The van der Waals surface area contributed by atoms with Gasteiger partial charge in [0.25, 0.3) is 5.91 Å². The fourth-order valence-electron chi connectivity index (χ4n) is 3.61. The normalized spacial score (nSPS) is 14.6. The Hall–Kier alpha value is -2.88. The Labute approximate surface area is 190 Å². The molecule has 1 N–H and O–H groups in total. The molecule has 1 aliphatic heterocycles. The van der Waals surface area contributed by atoms with E-state index in [1.165, 1.54) is 16.4 Å². The lowest BCUT2D eigenvalue weighted by atomic mass is 10.1. The zero-order valence-corrected chi connectivity index (χ0v) is 18.8. The largest absolute Gasteiger partial charge is 0.450 e. The molecular formula is C22H21ClN2O6S.